The molecule has 2 rings (SSSR count). The van der Waals surface area contributed by atoms with Crippen molar-refractivity contribution >= 4 is 17.4 Å². The first-order chi connectivity index (χ1) is 6.09. The zero-order valence-electron chi connectivity index (χ0n) is 8.23. The summed E-state index contributed by atoms with van der Waals surface area (Å²) in [6.45, 7) is 4.39. The lowest BCUT2D eigenvalue weighted by Gasteiger charge is -2.18. The highest BCUT2D eigenvalue weighted by atomic mass is 35.5. The molecule has 0 bridgehead atoms. The minimum atomic E-state index is -0.0308. The van der Waals surface area contributed by atoms with Gasteiger partial charge in [-0.1, -0.05) is 20.3 Å². The van der Waals surface area contributed by atoms with Crippen LogP contribution < -0.4 is 5.32 Å². The maximum Gasteiger partial charge on any atom is 0.0937 e. The Morgan fingerprint density at radius 2 is 2.38 bits per heavy atom. The summed E-state index contributed by atoms with van der Waals surface area (Å²) in [6, 6.07) is 0.380. The minimum absolute atomic E-state index is 0.0308. The van der Waals surface area contributed by atoms with Crippen LogP contribution in [0.5, 0.6) is 0 Å². The molecule has 3 heteroatoms. The van der Waals surface area contributed by atoms with E-state index in [1.807, 2.05) is 0 Å². The van der Waals surface area contributed by atoms with E-state index in [2.05, 4.69) is 19.2 Å². The molecule has 0 radical (unpaired) electrons. The van der Waals surface area contributed by atoms with Crippen molar-refractivity contribution in [1.29, 1.82) is 5.41 Å². The largest absolute Gasteiger partial charge is 0.369 e. The molecule has 0 aromatic heterocycles. The average molecular weight is 201 g/mol. The van der Waals surface area contributed by atoms with E-state index in [0.29, 0.717) is 23.7 Å². The lowest BCUT2D eigenvalue weighted by molar-refractivity contribution is 0.458. The van der Waals surface area contributed by atoms with Crippen molar-refractivity contribution in [1.82, 2.24) is 5.32 Å². The van der Waals surface area contributed by atoms with Crippen LogP contribution in [0.4, 0.5) is 0 Å². The first-order valence-electron chi connectivity index (χ1n) is 5.12. The second-order valence-electron chi connectivity index (χ2n) is 4.48. The summed E-state index contributed by atoms with van der Waals surface area (Å²) < 4.78 is 0. The smallest absolute Gasteiger partial charge is 0.0937 e. The second-order valence-corrected chi connectivity index (χ2v) is 5.19. The van der Waals surface area contributed by atoms with Crippen molar-refractivity contribution in [2.24, 2.45) is 11.8 Å². The molecular formula is C10H17ClN2. The normalized spacial score (nSPS) is 48.2. The summed E-state index contributed by atoms with van der Waals surface area (Å²) in [6.07, 6.45) is 3.09. The van der Waals surface area contributed by atoms with Gasteiger partial charge in [0.25, 0.3) is 0 Å². The van der Waals surface area contributed by atoms with E-state index in [-0.39, 0.29) is 4.87 Å². The van der Waals surface area contributed by atoms with Crippen LogP contribution in [0.2, 0.25) is 0 Å². The van der Waals surface area contributed by atoms with E-state index in [4.69, 9.17) is 17.0 Å². The fourth-order valence-electron chi connectivity index (χ4n) is 2.85. The Labute approximate surface area is 84.6 Å². The fourth-order valence-corrected chi connectivity index (χ4v) is 3.51. The highest BCUT2D eigenvalue weighted by Gasteiger charge is 2.66. The average Bonchev–Trinajstić information content (AvgIpc) is 2.56. The first-order valence-corrected chi connectivity index (χ1v) is 5.50. The fraction of sp³-hybridized carbons (Fsp3) is 0.900. The van der Waals surface area contributed by atoms with Crippen molar-refractivity contribution in [3.63, 3.8) is 0 Å². The molecule has 74 valence electrons. The highest BCUT2D eigenvalue weighted by molar-refractivity contribution is 6.27. The Bertz CT molecular complexity index is 241. The Hall–Kier alpha value is -0.240. The Balaban J connectivity index is 2.09. The molecule has 2 nitrogen and oxygen atoms in total. The number of piperidine rings is 1. The standard InChI is InChI=1S/C10H17ClN2/c1-3-4-10(11)8-6(2)5-7(12)13-9(8)10/h6,8-9H,3-5H2,1-2H3,(H2,12,13). The third-order valence-electron chi connectivity index (χ3n) is 3.42. The lowest BCUT2D eigenvalue weighted by atomic mass is 9.97. The van der Waals surface area contributed by atoms with Crippen molar-refractivity contribution in [3.05, 3.63) is 0 Å². The second kappa shape index (κ2) is 2.88. The monoisotopic (exact) mass is 200 g/mol. The van der Waals surface area contributed by atoms with E-state index < -0.39 is 0 Å². The number of hydrogen-bond acceptors (Lipinski definition) is 1. The van der Waals surface area contributed by atoms with Crippen LogP contribution >= 0.6 is 11.6 Å². The summed E-state index contributed by atoms with van der Waals surface area (Å²) in [4.78, 5) is -0.0308. The van der Waals surface area contributed by atoms with Gasteiger partial charge in [-0.2, -0.15) is 0 Å². The van der Waals surface area contributed by atoms with Crippen LogP contribution in [0.25, 0.3) is 0 Å². The van der Waals surface area contributed by atoms with Crippen LogP contribution in [0.1, 0.15) is 33.1 Å². The number of amidine groups is 1. The molecule has 0 aromatic rings. The Morgan fingerprint density at radius 1 is 1.69 bits per heavy atom. The quantitative estimate of drug-likeness (QED) is 0.660. The predicted octanol–water partition coefficient (Wildman–Crippen LogP) is 2.37. The topological polar surface area (TPSA) is 35.9 Å². The van der Waals surface area contributed by atoms with Gasteiger partial charge in [0.05, 0.1) is 16.8 Å². The molecule has 0 amide bonds. The molecule has 1 saturated carbocycles. The van der Waals surface area contributed by atoms with Gasteiger partial charge in [-0.05, 0) is 12.3 Å². The molecule has 1 heterocycles. The number of alkyl halides is 1. The first kappa shape index (κ1) is 9.32. The van der Waals surface area contributed by atoms with Crippen molar-refractivity contribution in [2.45, 2.75) is 44.0 Å². The van der Waals surface area contributed by atoms with Crippen LogP contribution in [0, 0.1) is 17.2 Å². The summed E-state index contributed by atoms with van der Waals surface area (Å²) in [5.74, 6) is 1.86. The van der Waals surface area contributed by atoms with E-state index in [9.17, 15) is 0 Å². The van der Waals surface area contributed by atoms with Gasteiger partial charge in [-0.15, -0.1) is 11.6 Å². The third-order valence-corrected chi connectivity index (χ3v) is 4.10. The maximum absolute atomic E-state index is 7.62. The molecule has 2 N–H and O–H groups in total. The summed E-state index contributed by atoms with van der Waals surface area (Å²) in [5.41, 5.74) is 0. The molecule has 1 saturated heterocycles. The van der Waals surface area contributed by atoms with Crippen LogP contribution in [0.3, 0.4) is 0 Å². The number of nitrogens with one attached hydrogen (secondary N) is 2. The van der Waals surface area contributed by atoms with Crippen molar-refractivity contribution < 1.29 is 0 Å². The van der Waals surface area contributed by atoms with Crippen LogP contribution in [0.15, 0.2) is 0 Å². The van der Waals surface area contributed by atoms with Crippen LogP contribution in [-0.2, 0) is 0 Å². The maximum atomic E-state index is 7.62. The molecule has 4 unspecified atom stereocenters. The number of fused-ring (bicyclic) bond motifs is 1. The van der Waals surface area contributed by atoms with E-state index >= 15 is 0 Å². The van der Waals surface area contributed by atoms with Gasteiger partial charge in [-0.3, -0.25) is 5.41 Å². The molecule has 1 aliphatic heterocycles. The molecule has 13 heavy (non-hydrogen) atoms. The molecular weight excluding hydrogens is 184 g/mol. The number of halogens is 1. The van der Waals surface area contributed by atoms with Gasteiger partial charge >= 0.3 is 0 Å². The van der Waals surface area contributed by atoms with Crippen molar-refractivity contribution in [3.8, 4) is 0 Å². The highest BCUT2D eigenvalue weighted by Crippen LogP contribution is 2.58. The van der Waals surface area contributed by atoms with E-state index in [1.165, 1.54) is 0 Å². The van der Waals surface area contributed by atoms with Gasteiger partial charge in [0.1, 0.15) is 0 Å². The summed E-state index contributed by atoms with van der Waals surface area (Å²) in [5, 5.41) is 10.8. The molecule has 1 aliphatic carbocycles. The third kappa shape index (κ3) is 1.26. The van der Waals surface area contributed by atoms with Gasteiger partial charge in [0, 0.05) is 12.3 Å². The van der Waals surface area contributed by atoms with Gasteiger partial charge < -0.3 is 5.32 Å². The zero-order valence-corrected chi connectivity index (χ0v) is 8.99. The molecule has 4 atom stereocenters. The zero-order chi connectivity index (χ0) is 9.64. The molecule has 0 aromatic carbocycles. The molecule has 0 spiro atoms. The lowest BCUT2D eigenvalue weighted by Crippen LogP contribution is -2.34. The minimum Gasteiger partial charge on any atom is -0.369 e. The van der Waals surface area contributed by atoms with Gasteiger partial charge in [-0.25, -0.2) is 0 Å². The molecule has 2 fully saturated rings. The van der Waals surface area contributed by atoms with Crippen LogP contribution in [-0.4, -0.2) is 16.8 Å². The molecule has 2 aliphatic rings. The summed E-state index contributed by atoms with van der Waals surface area (Å²) in [7, 11) is 0. The van der Waals surface area contributed by atoms with E-state index in [0.717, 1.165) is 19.3 Å². The van der Waals surface area contributed by atoms with E-state index in [1.54, 1.807) is 0 Å². The summed E-state index contributed by atoms with van der Waals surface area (Å²) >= 11 is 6.52. The Kier molecular flexibility index (Phi) is 2.06. The number of hydrogen-bond donors (Lipinski definition) is 2. The Morgan fingerprint density at radius 3 is 3.00 bits per heavy atom. The van der Waals surface area contributed by atoms with Gasteiger partial charge in [0.15, 0.2) is 0 Å². The number of rotatable bonds is 2. The predicted molar refractivity (Wildman–Crippen MR) is 55.4 cm³/mol. The SMILES string of the molecule is CCCC1(Cl)C2NC(=N)CC(C)C21. The van der Waals surface area contributed by atoms with Gasteiger partial charge in [0.2, 0.25) is 0 Å². The van der Waals surface area contributed by atoms with Crippen molar-refractivity contribution in [2.75, 3.05) is 0 Å².